The van der Waals surface area contributed by atoms with E-state index in [0.717, 1.165) is 12.8 Å². The molecule has 0 radical (unpaired) electrons. The molecule has 1 aliphatic rings. The Morgan fingerprint density at radius 2 is 0.935 bits per heavy atom. The standard InChI is InChI=1S/C45H48Si/c1-9-36-24-37(10-2)26-43(25-36)46(42-22-30(3)21-31(4)23-42,45-34(7)32(5)33(6)35(45)8)44-28-40(38-17-13-11-14-18-38)27-41(29-44)39-19-15-12-16-20-39/h11-29,34H,9-10H2,1-8H3. The normalized spacial score (nSPS) is 16.2. The summed E-state index contributed by atoms with van der Waals surface area (Å²) in [6.07, 6.45) is 2.06. The highest BCUT2D eigenvalue weighted by Gasteiger charge is 2.48. The van der Waals surface area contributed by atoms with Gasteiger partial charge in [-0.15, -0.1) is 0 Å². The molecule has 0 fully saturated rings. The van der Waals surface area contributed by atoms with Gasteiger partial charge in [0, 0.05) is 0 Å². The van der Waals surface area contributed by atoms with Crippen LogP contribution in [0.5, 0.6) is 0 Å². The van der Waals surface area contributed by atoms with Gasteiger partial charge in [0.2, 0.25) is 0 Å². The number of rotatable bonds is 8. The average Bonchev–Trinajstić information content (AvgIpc) is 3.27. The molecule has 5 aromatic carbocycles. The number of hydrogen-bond donors (Lipinski definition) is 0. The van der Waals surface area contributed by atoms with E-state index in [-0.39, 0.29) is 0 Å². The molecule has 6 rings (SSSR count). The van der Waals surface area contributed by atoms with Gasteiger partial charge in [-0.05, 0) is 114 Å². The molecule has 0 nitrogen and oxygen atoms in total. The number of aryl methyl sites for hydroxylation is 4. The van der Waals surface area contributed by atoms with Crippen molar-refractivity contribution in [2.45, 2.75) is 68.2 Å². The zero-order valence-electron chi connectivity index (χ0n) is 29.0. The van der Waals surface area contributed by atoms with Crippen molar-refractivity contribution in [2.75, 3.05) is 0 Å². The third-order valence-corrected chi connectivity index (χ3v) is 15.7. The Morgan fingerprint density at radius 1 is 0.478 bits per heavy atom. The van der Waals surface area contributed by atoms with E-state index in [9.17, 15) is 0 Å². The Labute approximate surface area is 278 Å². The first-order chi connectivity index (χ1) is 22.2. The van der Waals surface area contributed by atoms with Gasteiger partial charge in [0.25, 0.3) is 0 Å². The largest absolute Gasteiger partial charge is 0.176 e. The Hall–Kier alpha value is -4.20. The molecule has 0 N–H and O–H groups in total. The van der Waals surface area contributed by atoms with E-state index in [1.807, 2.05) is 0 Å². The van der Waals surface area contributed by atoms with Crippen LogP contribution in [-0.2, 0) is 12.8 Å². The first kappa shape index (κ1) is 31.8. The van der Waals surface area contributed by atoms with Gasteiger partial charge in [-0.1, -0.05) is 157 Å². The van der Waals surface area contributed by atoms with E-state index >= 15 is 0 Å². The van der Waals surface area contributed by atoms with Gasteiger partial charge in [0.15, 0.2) is 8.07 Å². The summed E-state index contributed by atoms with van der Waals surface area (Å²) in [4.78, 5) is 0. The second-order valence-corrected chi connectivity index (χ2v) is 17.2. The van der Waals surface area contributed by atoms with E-state index in [0.29, 0.717) is 5.92 Å². The molecule has 1 heteroatoms. The van der Waals surface area contributed by atoms with Gasteiger partial charge >= 0.3 is 0 Å². The lowest BCUT2D eigenvalue weighted by atomic mass is 9.99. The van der Waals surface area contributed by atoms with Crippen molar-refractivity contribution in [2.24, 2.45) is 5.92 Å². The van der Waals surface area contributed by atoms with Crippen LogP contribution in [0.2, 0.25) is 0 Å². The summed E-state index contributed by atoms with van der Waals surface area (Å²) in [7, 11) is -2.85. The number of allylic oxidation sites excluding steroid dienone is 4. The third kappa shape index (κ3) is 5.56. The quantitative estimate of drug-likeness (QED) is 0.120. The van der Waals surface area contributed by atoms with Crippen molar-refractivity contribution < 1.29 is 0 Å². The van der Waals surface area contributed by atoms with Crippen LogP contribution in [0, 0.1) is 19.8 Å². The van der Waals surface area contributed by atoms with Crippen molar-refractivity contribution >= 4 is 23.6 Å². The van der Waals surface area contributed by atoms with E-state index in [2.05, 4.69) is 171 Å². The molecule has 2 unspecified atom stereocenters. The predicted molar refractivity (Wildman–Crippen MR) is 203 cm³/mol. The molecule has 2 atom stereocenters. The molecule has 1 aliphatic carbocycles. The molecule has 0 aliphatic heterocycles. The van der Waals surface area contributed by atoms with Crippen molar-refractivity contribution in [1.29, 1.82) is 0 Å². The minimum absolute atomic E-state index is 0.364. The van der Waals surface area contributed by atoms with Crippen LogP contribution in [0.1, 0.15) is 63.8 Å². The molecule has 0 amide bonds. The van der Waals surface area contributed by atoms with Crippen LogP contribution in [0.3, 0.4) is 0 Å². The molecule has 0 heterocycles. The van der Waals surface area contributed by atoms with Crippen molar-refractivity contribution in [3.63, 3.8) is 0 Å². The van der Waals surface area contributed by atoms with E-state index < -0.39 is 8.07 Å². The van der Waals surface area contributed by atoms with Crippen molar-refractivity contribution in [3.8, 4) is 22.3 Å². The molecule has 0 saturated heterocycles. The predicted octanol–water partition coefficient (Wildman–Crippen LogP) is 10.1. The fraction of sp³-hybridized carbons (Fsp3) is 0.244. The molecule has 0 spiro atoms. The van der Waals surface area contributed by atoms with Crippen LogP contribution in [0.25, 0.3) is 22.3 Å². The average molecular weight is 617 g/mol. The Morgan fingerprint density at radius 3 is 1.37 bits per heavy atom. The summed E-state index contributed by atoms with van der Waals surface area (Å²) in [5.41, 5.74) is 15.1. The van der Waals surface area contributed by atoms with Crippen molar-refractivity contribution in [3.05, 3.63) is 159 Å². The molecular formula is C45H48Si. The van der Waals surface area contributed by atoms with Crippen LogP contribution in [-0.4, -0.2) is 8.07 Å². The summed E-state index contributed by atoms with van der Waals surface area (Å²) in [6.45, 7) is 18.8. The van der Waals surface area contributed by atoms with E-state index in [1.165, 1.54) is 76.8 Å². The monoisotopic (exact) mass is 616 g/mol. The number of hydrogen-bond acceptors (Lipinski definition) is 0. The highest BCUT2D eigenvalue weighted by Crippen LogP contribution is 2.42. The second kappa shape index (κ2) is 12.9. The van der Waals surface area contributed by atoms with Gasteiger partial charge in [-0.25, -0.2) is 0 Å². The fourth-order valence-electron chi connectivity index (χ4n) is 7.95. The zero-order chi connectivity index (χ0) is 32.6. The highest BCUT2D eigenvalue weighted by atomic mass is 28.3. The molecule has 232 valence electrons. The van der Waals surface area contributed by atoms with Crippen LogP contribution < -0.4 is 15.6 Å². The van der Waals surface area contributed by atoms with E-state index in [4.69, 9.17) is 0 Å². The zero-order valence-corrected chi connectivity index (χ0v) is 30.0. The van der Waals surface area contributed by atoms with Crippen LogP contribution in [0.15, 0.2) is 137 Å². The van der Waals surface area contributed by atoms with Gasteiger partial charge in [-0.2, -0.15) is 0 Å². The molecule has 0 aromatic heterocycles. The molecular weight excluding hydrogens is 569 g/mol. The SMILES string of the molecule is CCc1cc(CC)cc([Si](C2=C(C)C(C)=C(C)C2C)(c2cc(C)cc(C)c2)c2cc(-c3ccccc3)cc(-c3ccccc3)c2)c1. The summed E-state index contributed by atoms with van der Waals surface area (Å²) >= 11 is 0. The summed E-state index contributed by atoms with van der Waals surface area (Å²) in [5.74, 6) is 0.364. The van der Waals surface area contributed by atoms with Gasteiger partial charge in [0.05, 0.1) is 0 Å². The fourth-order valence-corrected chi connectivity index (χ4v) is 13.9. The van der Waals surface area contributed by atoms with Gasteiger partial charge in [0.1, 0.15) is 0 Å². The number of benzene rings is 5. The minimum atomic E-state index is -2.85. The topological polar surface area (TPSA) is 0 Å². The van der Waals surface area contributed by atoms with Crippen LogP contribution >= 0.6 is 0 Å². The Kier molecular flexibility index (Phi) is 8.90. The maximum Gasteiger partial charge on any atom is 0.176 e. The van der Waals surface area contributed by atoms with E-state index in [1.54, 1.807) is 5.20 Å². The summed E-state index contributed by atoms with van der Waals surface area (Å²) in [5, 5.41) is 6.12. The van der Waals surface area contributed by atoms with Crippen LogP contribution in [0.4, 0.5) is 0 Å². The van der Waals surface area contributed by atoms with Gasteiger partial charge < -0.3 is 0 Å². The lowest BCUT2D eigenvalue weighted by Crippen LogP contribution is -2.70. The highest BCUT2D eigenvalue weighted by molar-refractivity contribution is 7.16. The summed E-state index contributed by atoms with van der Waals surface area (Å²) < 4.78 is 0. The summed E-state index contributed by atoms with van der Waals surface area (Å²) in [6, 6.07) is 44.5. The third-order valence-electron chi connectivity index (χ3n) is 10.6. The second-order valence-electron chi connectivity index (χ2n) is 13.5. The maximum atomic E-state index is 2.58. The Balaban J connectivity index is 1.85. The maximum absolute atomic E-state index is 2.85. The first-order valence-electron chi connectivity index (χ1n) is 17.0. The molecule has 0 saturated carbocycles. The Bertz CT molecular complexity index is 1860. The lowest BCUT2D eigenvalue weighted by molar-refractivity contribution is 0.851. The molecule has 5 aromatic rings. The van der Waals surface area contributed by atoms with Crippen molar-refractivity contribution in [1.82, 2.24) is 0 Å². The lowest BCUT2D eigenvalue weighted by Gasteiger charge is -2.40. The van der Waals surface area contributed by atoms with Gasteiger partial charge in [-0.3, -0.25) is 0 Å². The molecule has 0 bridgehead atoms. The minimum Gasteiger partial charge on any atom is -0.0636 e. The first-order valence-corrected chi connectivity index (χ1v) is 19.0. The molecule has 46 heavy (non-hydrogen) atoms. The smallest absolute Gasteiger partial charge is 0.0636 e.